The summed E-state index contributed by atoms with van der Waals surface area (Å²) in [6, 6.07) is 0. The molecule has 98 valence electrons. The Morgan fingerprint density at radius 3 is 2.89 bits per heavy atom. The largest absolute Gasteiger partial charge is 0.310 e. The zero-order chi connectivity index (χ0) is 12.8. The lowest BCUT2D eigenvalue weighted by Gasteiger charge is -2.21. The molecule has 0 aromatic carbocycles. The number of rotatable bonds is 1. The average Bonchev–Trinajstić information content (AvgIpc) is 2.76. The maximum Gasteiger partial charge on any atom is 0.255 e. The van der Waals surface area contributed by atoms with E-state index in [1.807, 2.05) is 0 Å². The number of nitrogens with one attached hydrogen (secondary N) is 2. The van der Waals surface area contributed by atoms with Crippen molar-refractivity contribution >= 4 is 9.84 Å². The summed E-state index contributed by atoms with van der Waals surface area (Å²) in [7, 11) is -2.98. The fraction of sp³-hybridized carbons (Fsp3) is 0.636. The normalized spacial score (nSPS) is 25.9. The summed E-state index contributed by atoms with van der Waals surface area (Å²) in [6.45, 7) is 1.13. The Balaban J connectivity index is 1.98. The Bertz CT molecular complexity index is 635. The van der Waals surface area contributed by atoms with E-state index in [1.54, 1.807) is 0 Å². The molecule has 0 radical (unpaired) electrons. The molecule has 0 spiro atoms. The topological polar surface area (TPSA) is 91.9 Å². The van der Waals surface area contributed by atoms with Gasteiger partial charge in [-0.15, -0.1) is 0 Å². The zero-order valence-corrected chi connectivity index (χ0v) is 10.7. The number of sulfone groups is 1. The monoisotopic (exact) mass is 269 g/mol. The molecule has 1 atom stereocenters. The molecule has 1 aromatic rings. The van der Waals surface area contributed by atoms with Gasteiger partial charge in [0.25, 0.3) is 5.56 Å². The molecule has 3 rings (SSSR count). The van der Waals surface area contributed by atoms with Crippen molar-refractivity contribution in [1.82, 2.24) is 15.3 Å². The minimum Gasteiger partial charge on any atom is -0.310 e. The maximum atomic E-state index is 11.9. The zero-order valence-electron chi connectivity index (χ0n) is 9.90. The van der Waals surface area contributed by atoms with Crippen molar-refractivity contribution in [3.63, 3.8) is 0 Å². The van der Waals surface area contributed by atoms with Crippen LogP contribution in [0.2, 0.25) is 0 Å². The first-order valence-electron chi connectivity index (χ1n) is 6.08. The van der Waals surface area contributed by atoms with E-state index in [9.17, 15) is 13.2 Å². The molecule has 2 aliphatic rings. The third kappa shape index (κ3) is 2.08. The van der Waals surface area contributed by atoms with Crippen LogP contribution in [0, 0.1) is 0 Å². The number of aromatic nitrogens is 2. The van der Waals surface area contributed by atoms with Crippen molar-refractivity contribution in [2.75, 3.05) is 11.5 Å². The summed E-state index contributed by atoms with van der Waals surface area (Å²) >= 11 is 0. The first-order chi connectivity index (χ1) is 8.55. The van der Waals surface area contributed by atoms with E-state index in [2.05, 4.69) is 15.3 Å². The number of hydrogen-bond acceptors (Lipinski definition) is 5. The molecule has 2 aliphatic heterocycles. The molecule has 7 heteroatoms. The highest BCUT2D eigenvalue weighted by molar-refractivity contribution is 7.91. The van der Waals surface area contributed by atoms with Crippen LogP contribution in [0.1, 0.15) is 35.8 Å². The van der Waals surface area contributed by atoms with E-state index < -0.39 is 9.84 Å². The van der Waals surface area contributed by atoms with Crippen LogP contribution >= 0.6 is 0 Å². The van der Waals surface area contributed by atoms with Crippen LogP contribution in [0.15, 0.2) is 4.79 Å². The molecule has 2 N–H and O–H groups in total. The Hall–Kier alpha value is -1.21. The predicted octanol–water partition coefficient (Wildman–Crippen LogP) is -0.335. The first kappa shape index (κ1) is 11.9. The lowest BCUT2D eigenvalue weighted by Crippen LogP contribution is -2.27. The fourth-order valence-corrected chi connectivity index (χ4v) is 4.34. The van der Waals surface area contributed by atoms with E-state index in [4.69, 9.17) is 0 Å². The summed E-state index contributed by atoms with van der Waals surface area (Å²) in [5.41, 5.74) is 1.30. The van der Waals surface area contributed by atoms with Crippen molar-refractivity contribution in [1.29, 1.82) is 0 Å². The van der Waals surface area contributed by atoms with Gasteiger partial charge in [-0.1, -0.05) is 0 Å². The van der Waals surface area contributed by atoms with Gasteiger partial charge in [-0.05, 0) is 12.8 Å². The van der Waals surface area contributed by atoms with Crippen LogP contribution in [-0.2, 0) is 22.9 Å². The quantitative estimate of drug-likeness (QED) is 0.728. The molecule has 0 amide bonds. The van der Waals surface area contributed by atoms with Crippen LogP contribution in [0.4, 0.5) is 0 Å². The van der Waals surface area contributed by atoms with Gasteiger partial charge in [-0.25, -0.2) is 13.4 Å². The second-order valence-corrected chi connectivity index (χ2v) is 7.16. The molecule has 0 bridgehead atoms. The van der Waals surface area contributed by atoms with Gasteiger partial charge in [-0.3, -0.25) is 4.79 Å². The van der Waals surface area contributed by atoms with Crippen LogP contribution < -0.4 is 10.9 Å². The van der Waals surface area contributed by atoms with Gasteiger partial charge in [0, 0.05) is 19.0 Å². The van der Waals surface area contributed by atoms with E-state index in [0.717, 1.165) is 12.1 Å². The van der Waals surface area contributed by atoms with Crippen molar-refractivity contribution in [3.05, 3.63) is 27.4 Å². The van der Waals surface area contributed by atoms with Crippen molar-refractivity contribution in [2.24, 2.45) is 0 Å². The third-order valence-corrected chi connectivity index (χ3v) is 5.38. The molecular weight excluding hydrogens is 254 g/mol. The lowest BCUT2D eigenvalue weighted by molar-refractivity contribution is 0.541. The summed E-state index contributed by atoms with van der Waals surface area (Å²) < 4.78 is 23.2. The van der Waals surface area contributed by atoms with Crippen molar-refractivity contribution in [3.8, 4) is 0 Å². The Morgan fingerprint density at radius 2 is 2.11 bits per heavy atom. The van der Waals surface area contributed by atoms with Gasteiger partial charge in [0.2, 0.25) is 0 Å². The number of H-pyrrole nitrogens is 1. The second kappa shape index (κ2) is 4.17. The molecule has 3 heterocycles. The molecule has 18 heavy (non-hydrogen) atoms. The maximum absolute atomic E-state index is 11.9. The second-order valence-electron chi connectivity index (χ2n) is 4.93. The number of aromatic amines is 1. The predicted molar refractivity (Wildman–Crippen MR) is 66.0 cm³/mol. The van der Waals surface area contributed by atoms with Gasteiger partial charge >= 0.3 is 0 Å². The molecule has 1 unspecified atom stereocenters. The number of hydrogen-bond donors (Lipinski definition) is 2. The summed E-state index contributed by atoms with van der Waals surface area (Å²) in [5.74, 6) is 0.718. The molecule has 1 fully saturated rings. The van der Waals surface area contributed by atoms with Gasteiger partial charge in [0.15, 0.2) is 9.84 Å². The standard InChI is InChI=1S/C11H15N3O3S/c15-11-8-4-12-5-9(8)13-10(14-11)7-2-1-3-18(16,17)6-7/h7,12H,1-6H2,(H,13,14,15). The number of fused-ring (bicyclic) bond motifs is 1. The Labute approximate surface area is 105 Å². The van der Waals surface area contributed by atoms with E-state index in [1.165, 1.54) is 0 Å². The fourth-order valence-electron chi connectivity index (χ4n) is 2.63. The van der Waals surface area contributed by atoms with Gasteiger partial charge in [-0.2, -0.15) is 0 Å². The average molecular weight is 269 g/mol. The Morgan fingerprint density at radius 1 is 1.28 bits per heavy atom. The Kier molecular flexibility index (Phi) is 2.74. The molecule has 0 aliphatic carbocycles. The molecule has 0 saturated carbocycles. The van der Waals surface area contributed by atoms with Gasteiger partial charge < -0.3 is 10.3 Å². The van der Waals surface area contributed by atoms with Gasteiger partial charge in [0.1, 0.15) is 5.82 Å². The lowest BCUT2D eigenvalue weighted by atomic mass is 10.0. The van der Waals surface area contributed by atoms with Gasteiger partial charge in [0.05, 0.1) is 22.8 Å². The van der Waals surface area contributed by atoms with Crippen molar-refractivity contribution < 1.29 is 8.42 Å². The van der Waals surface area contributed by atoms with Crippen LogP contribution in [0.3, 0.4) is 0 Å². The minimum atomic E-state index is -2.98. The van der Waals surface area contributed by atoms with E-state index >= 15 is 0 Å². The molecule has 1 aromatic heterocycles. The van der Waals surface area contributed by atoms with Crippen molar-refractivity contribution in [2.45, 2.75) is 31.8 Å². The summed E-state index contributed by atoms with van der Waals surface area (Å²) in [4.78, 5) is 19.0. The van der Waals surface area contributed by atoms with Crippen LogP contribution in [0.25, 0.3) is 0 Å². The molecular formula is C11H15N3O3S. The highest BCUT2D eigenvalue weighted by Gasteiger charge is 2.29. The van der Waals surface area contributed by atoms with Crippen LogP contribution in [-0.4, -0.2) is 29.9 Å². The van der Waals surface area contributed by atoms with Crippen LogP contribution in [0.5, 0.6) is 0 Å². The SMILES string of the molecule is O=c1[nH]c(C2CCCS(=O)(=O)C2)nc2c1CNC2. The number of nitrogens with zero attached hydrogens (tertiary/aromatic N) is 1. The smallest absolute Gasteiger partial charge is 0.255 e. The minimum absolute atomic E-state index is 0.0994. The third-order valence-electron chi connectivity index (χ3n) is 3.56. The van der Waals surface area contributed by atoms with E-state index in [0.29, 0.717) is 30.9 Å². The molecule has 6 nitrogen and oxygen atoms in total. The highest BCUT2D eigenvalue weighted by Crippen LogP contribution is 2.26. The summed E-state index contributed by atoms with van der Waals surface area (Å²) in [5, 5.41) is 3.07. The highest BCUT2D eigenvalue weighted by atomic mass is 32.2. The summed E-state index contributed by atoms with van der Waals surface area (Å²) in [6.07, 6.45) is 1.42. The van der Waals surface area contributed by atoms with E-state index in [-0.39, 0.29) is 23.0 Å². The molecule has 1 saturated heterocycles. The first-order valence-corrected chi connectivity index (χ1v) is 7.90.